The lowest BCUT2D eigenvalue weighted by Crippen LogP contribution is -2.54. The van der Waals surface area contributed by atoms with E-state index in [0.717, 1.165) is 42.9 Å². The van der Waals surface area contributed by atoms with E-state index in [9.17, 15) is 9.59 Å². The predicted molar refractivity (Wildman–Crippen MR) is 132 cm³/mol. The molecule has 5 rings (SSSR count). The molecule has 3 nitrogen and oxygen atoms in total. The van der Waals surface area contributed by atoms with Crippen molar-refractivity contribution in [3.8, 4) is 0 Å². The van der Waals surface area contributed by atoms with Gasteiger partial charge in [-0.25, -0.2) is 4.79 Å². The molecule has 2 spiro atoms. The quantitative estimate of drug-likeness (QED) is 0.443. The van der Waals surface area contributed by atoms with Gasteiger partial charge in [0.2, 0.25) is 0 Å². The number of carbonyl (C=O) groups is 2. The summed E-state index contributed by atoms with van der Waals surface area (Å²) in [5.74, 6) is 4.22. The standard InChI is InChI=1S/C30H46O3/c1-18(8-7-9-19(2)26(32)33)22-16-20(3)25-21-10-11-23-27(4,5)24(31)12-13-30(23)17-29(21,30)15-14-28(22,25)6/h9,18,20-23,25H,7-8,10-17H2,1-6H3,(H,32,33)/b19-9+/t18-,20+,21+,22-,23+,25+,28-,29+,30-/m1/s1. The molecule has 0 saturated heterocycles. The number of allylic oxidation sites excluding steroid dienone is 1. The SMILES string of the molecule is C/C(=C\CC[C@@H](C)[C@H]1C[C@H](C)[C@H]2[C@@H]3CC[C@H]4C(C)(C)C(=O)CC[C@@]45C[C@@]35CC[C@@]21C)C(=O)O. The second-order valence-corrected chi connectivity index (χ2v) is 14.0. The fourth-order valence-corrected chi connectivity index (χ4v) is 11.0. The molecule has 5 aliphatic carbocycles. The first-order valence-corrected chi connectivity index (χ1v) is 13.8. The molecule has 9 atom stereocenters. The molecule has 0 aromatic heterocycles. The first-order valence-electron chi connectivity index (χ1n) is 13.8. The number of carboxylic acids is 1. The Bertz CT molecular complexity index is 885. The van der Waals surface area contributed by atoms with Crippen LogP contribution in [0, 0.1) is 57.2 Å². The summed E-state index contributed by atoms with van der Waals surface area (Å²) >= 11 is 0. The largest absolute Gasteiger partial charge is 0.478 e. The minimum absolute atomic E-state index is 0.118. The summed E-state index contributed by atoms with van der Waals surface area (Å²) in [7, 11) is 0. The smallest absolute Gasteiger partial charge is 0.330 e. The zero-order valence-corrected chi connectivity index (χ0v) is 21.9. The second kappa shape index (κ2) is 7.44. The van der Waals surface area contributed by atoms with Crippen molar-refractivity contribution in [1.82, 2.24) is 0 Å². The number of hydrogen-bond donors (Lipinski definition) is 1. The zero-order valence-electron chi connectivity index (χ0n) is 21.9. The van der Waals surface area contributed by atoms with E-state index in [4.69, 9.17) is 5.11 Å². The van der Waals surface area contributed by atoms with Gasteiger partial charge in [-0.1, -0.05) is 40.7 Å². The molecule has 184 valence electrons. The summed E-state index contributed by atoms with van der Waals surface area (Å²) in [6.45, 7) is 13.8. The number of Topliss-reactive ketones (excluding diaryl/α,β-unsaturated/α-hetero) is 1. The summed E-state index contributed by atoms with van der Waals surface area (Å²) in [5.41, 5.74) is 1.79. The number of carboxylic acid groups (broad SMARTS) is 1. The maximum atomic E-state index is 12.8. The highest BCUT2D eigenvalue weighted by Gasteiger charge is 2.80. The molecule has 0 bridgehead atoms. The third-order valence-electron chi connectivity index (χ3n) is 12.5. The van der Waals surface area contributed by atoms with Gasteiger partial charge in [0.15, 0.2) is 0 Å². The van der Waals surface area contributed by atoms with E-state index in [0.29, 0.717) is 39.4 Å². The van der Waals surface area contributed by atoms with Crippen LogP contribution in [-0.2, 0) is 9.59 Å². The average molecular weight is 455 g/mol. The first kappa shape index (κ1) is 23.6. The van der Waals surface area contributed by atoms with E-state index in [-0.39, 0.29) is 5.41 Å². The van der Waals surface area contributed by atoms with Crippen molar-refractivity contribution in [1.29, 1.82) is 0 Å². The Labute approximate surface area is 201 Å². The highest BCUT2D eigenvalue weighted by Crippen LogP contribution is 2.87. The fraction of sp³-hybridized carbons (Fsp3) is 0.867. The minimum Gasteiger partial charge on any atom is -0.478 e. The van der Waals surface area contributed by atoms with Crippen LogP contribution in [0.2, 0.25) is 0 Å². The molecule has 3 heteroatoms. The normalized spacial score (nSPS) is 48.8. The Balaban J connectivity index is 1.36. The molecular formula is C30H46O3. The minimum atomic E-state index is -0.789. The van der Waals surface area contributed by atoms with E-state index in [1.54, 1.807) is 6.92 Å². The highest BCUT2D eigenvalue weighted by molar-refractivity contribution is 5.86. The van der Waals surface area contributed by atoms with Gasteiger partial charge in [-0.2, -0.15) is 0 Å². The van der Waals surface area contributed by atoms with Gasteiger partial charge in [-0.15, -0.1) is 0 Å². The Morgan fingerprint density at radius 2 is 1.88 bits per heavy atom. The molecule has 5 saturated carbocycles. The van der Waals surface area contributed by atoms with Gasteiger partial charge in [0, 0.05) is 17.4 Å². The van der Waals surface area contributed by atoms with Gasteiger partial charge in [0.25, 0.3) is 0 Å². The highest BCUT2D eigenvalue weighted by atomic mass is 16.4. The summed E-state index contributed by atoms with van der Waals surface area (Å²) in [4.78, 5) is 24.0. The van der Waals surface area contributed by atoms with Crippen LogP contribution in [-0.4, -0.2) is 16.9 Å². The lowest BCUT2D eigenvalue weighted by Gasteiger charge is -2.58. The van der Waals surface area contributed by atoms with E-state index in [1.165, 1.54) is 44.9 Å². The van der Waals surface area contributed by atoms with Crippen molar-refractivity contribution in [2.45, 2.75) is 106 Å². The summed E-state index contributed by atoms with van der Waals surface area (Å²) in [5, 5.41) is 9.17. The van der Waals surface area contributed by atoms with Gasteiger partial charge in [0.05, 0.1) is 0 Å². The summed E-state index contributed by atoms with van der Waals surface area (Å²) < 4.78 is 0. The average Bonchev–Trinajstić information content (AvgIpc) is 3.34. The number of aliphatic carboxylic acids is 1. The molecule has 0 aromatic carbocycles. The third kappa shape index (κ3) is 3.05. The van der Waals surface area contributed by atoms with E-state index in [1.807, 2.05) is 6.08 Å². The van der Waals surface area contributed by atoms with Crippen molar-refractivity contribution in [2.24, 2.45) is 57.2 Å². The number of hydrogen-bond acceptors (Lipinski definition) is 2. The molecule has 0 radical (unpaired) electrons. The molecule has 1 N–H and O–H groups in total. The maximum Gasteiger partial charge on any atom is 0.330 e. The van der Waals surface area contributed by atoms with Crippen LogP contribution >= 0.6 is 0 Å². The van der Waals surface area contributed by atoms with Crippen molar-refractivity contribution in [3.63, 3.8) is 0 Å². The number of carbonyl (C=O) groups excluding carboxylic acids is 1. The van der Waals surface area contributed by atoms with Crippen LogP contribution < -0.4 is 0 Å². The number of ketones is 1. The molecule has 0 amide bonds. The summed E-state index contributed by atoms with van der Waals surface area (Å²) in [6, 6.07) is 0. The predicted octanol–water partition coefficient (Wildman–Crippen LogP) is 7.30. The molecule has 0 heterocycles. The van der Waals surface area contributed by atoms with Crippen LogP contribution in [0.15, 0.2) is 11.6 Å². The zero-order chi connectivity index (χ0) is 24.0. The van der Waals surface area contributed by atoms with Crippen LogP contribution in [0.1, 0.15) is 106 Å². The van der Waals surface area contributed by atoms with Crippen LogP contribution in [0.3, 0.4) is 0 Å². The van der Waals surface area contributed by atoms with Crippen molar-refractivity contribution in [2.75, 3.05) is 0 Å². The van der Waals surface area contributed by atoms with E-state index < -0.39 is 5.97 Å². The van der Waals surface area contributed by atoms with Crippen molar-refractivity contribution >= 4 is 11.8 Å². The van der Waals surface area contributed by atoms with Crippen molar-refractivity contribution in [3.05, 3.63) is 11.6 Å². The van der Waals surface area contributed by atoms with Crippen LogP contribution in [0.4, 0.5) is 0 Å². The second-order valence-electron chi connectivity index (χ2n) is 14.0. The topological polar surface area (TPSA) is 54.4 Å². The Morgan fingerprint density at radius 1 is 1.15 bits per heavy atom. The Morgan fingerprint density at radius 3 is 2.58 bits per heavy atom. The number of fused-ring (bicyclic) bond motifs is 2. The monoisotopic (exact) mass is 454 g/mol. The lowest BCUT2D eigenvalue weighted by atomic mass is 9.45. The Hall–Kier alpha value is -1.12. The van der Waals surface area contributed by atoms with Crippen LogP contribution in [0.5, 0.6) is 0 Å². The van der Waals surface area contributed by atoms with Crippen molar-refractivity contribution < 1.29 is 14.7 Å². The van der Waals surface area contributed by atoms with Gasteiger partial charge in [0.1, 0.15) is 5.78 Å². The summed E-state index contributed by atoms with van der Waals surface area (Å²) in [6.07, 6.45) is 14.0. The fourth-order valence-electron chi connectivity index (χ4n) is 11.0. The van der Waals surface area contributed by atoms with Gasteiger partial charge < -0.3 is 5.11 Å². The van der Waals surface area contributed by atoms with Gasteiger partial charge >= 0.3 is 5.97 Å². The Kier molecular flexibility index (Phi) is 5.32. The van der Waals surface area contributed by atoms with E-state index >= 15 is 0 Å². The maximum absolute atomic E-state index is 12.8. The molecule has 33 heavy (non-hydrogen) atoms. The lowest BCUT2D eigenvalue weighted by molar-refractivity contribution is -0.146. The van der Waals surface area contributed by atoms with Crippen LogP contribution in [0.25, 0.3) is 0 Å². The molecule has 5 fully saturated rings. The first-order chi connectivity index (χ1) is 15.4. The molecule has 0 aliphatic heterocycles. The van der Waals surface area contributed by atoms with E-state index in [2.05, 4.69) is 34.6 Å². The third-order valence-corrected chi connectivity index (χ3v) is 12.5. The molecular weight excluding hydrogens is 408 g/mol. The molecule has 0 unspecified atom stereocenters. The van der Waals surface area contributed by atoms with Gasteiger partial charge in [-0.3, -0.25) is 4.79 Å². The molecule has 5 aliphatic rings. The molecule has 0 aromatic rings. The number of rotatable bonds is 5. The van der Waals surface area contributed by atoms with Gasteiger partial charge in [-0.05, 0) is 116 Å².